The Kier molecular flexibility index (Phi) is 9.14. The molecule has 0 radical (unpaired) electrons. The van der Waals surface area contributed by atoms with Gasteiger partial charge in [-0.1, -0.05) is 41.4 Å². The van der Waals surface area contributed by atoms with Gasteiger partial charge in [-0.3, -0.25) is 33.7 Å². The minimum atomic E-state index is -1.35. The van der Waals surface area contributed by atoms with E-state index in [1.165, 1.54) is 11.1 Å². The quantitative estimate of drug-likeness (QED) is 0.145. The molecule has 2 fully saturated rings. The second-order valence-corrected chi connectivity index (χ2v) is 15.7. The number of hydrogen-bond acceptors (Lipinski definition) is 8. The Morgan fingerprint density at radius 3 is 2.29 bits per heavy atom. The molecule has 4 amide bonds. The highest BCUT2D eigenvalue weighted by molar-refractivity contribution is 6.35. The Hall–Kier alpha value is -6.10. The number of imidazole rings is 1. The summed E-state index contributed by atoms with van der Waals surface area (Å²) in [5, 5.41) is 19.0. The highest BCUT2D eigenvalue weighted by Crippen LogP contribution is 2.48. The molecule has 282 valence electrons. The number of carbonyl (C=O) groups is 4. The summed E-state index contributed by atoms with van der Waals surface area (Å²) in [7, 11) is 0. The second-order valence-electron chi connectivity index (χ2n) is 14.8. The van der Waals surface area contributed by atoms with Crippen LogP contribution in [-0.4, -0.2) is 48.7 Å². The molecule has 0 bridgehead atoms. The molecule has 5 aromatic rings. The number of anilines is 2. The maximum Gasteiger partial charge on any atom is 0.270 e. The van der Waals surface area contributed by atoms with Crippen LogP contribution in [0.1, 0.15) is 88.8 Å². The van der Waals surface area contributed by atoms with E-state index in [2.05, 4.69) is 37.0 Å². The molecule has 0 saturated heterocycles. The Morgan fingerprint density at radius 1 is 0.911 bits per heavy atom. The van der Waals surface area contributed by atoms with E-state index >= 15 is 0 Å². The molecule has 3 N–H and O–H groups in total. The van der Waals surface area contributed by atoms with Crippen LogP contribution in [0.25, 0.3) is 0 Å². The molecule has 1 unspecified atom stereocenters. The first-order valence-corrected chi connectivity index (χ1v) is 18.8. The average molecular weight is 789 g/mol. The zero-order valence-corrected chi connectivity index (χ0v) is 31.9. The van der Waals surface area contributed by atoms with Crippen LogP contribution in [0.5, 0.6) is 0 Å². The number of carbonyl (C=O) groups excluding carboxylic acids is 4. The van der Waals surface area contributed by atoms with Gasteiger partial charge in [0.05, 0.1) is 40.8 Å². The molecule has 13 nitrogen and oxygen atoms in total. The summed E-state index contributed by atoms with van der Waals surface area (Å²) in [6.07, 6.45) is 8.50. The number of halogens is 2. The van der Waals surface area contributed by atoms with Crippen LogP contribution in [0.2, 0.25) is 10.0 Å². The first kappa shape index (κ1) is 36.9. The van der Waals surface area contributed by atoms with Crippen molar-refractivity contribution >= 4 is 58.5 Å². The number of benzene rings is 2. The molecule has 15 heteroatoms. The SMILES string of the molecule is CC(NC(=O)c1ccnc(C2(NC(=O)C3(NC(=O)c4cnc5n4[C@](C)(Cc4ccc(C#N)cc4)C(=O)N5c4cc(Cl)cc(Cl)c4)CC3)CC2)c1)c1cccnc1. The van der Waals surface area contributed by atoms with Gasteiger partial charge in [0.25, 0.3) is 17.7 Å². The molecular weight excluding hydrogens is 753 g/mol. The Morgan fingerprint density at radius 2 is 1.64 bits per heavy atom. The van der Waals surface area contributed by atoms with Crippen LogP contribution < -0.4 is 20.9 Å². The minimum absolute atomic E-state index is 0.0845. The third-order valence-electron chi connectivity index (χ3n) is 10.8. The first-order chi connectivity index (χ1) is 26.8. The summed E-state index contributed by atoms with van der Waals surface area (Å²) in [6, 6.07) is 20.4. The largest absolute Gasteiger partial charge is 0.345 e. The monoisotopic (exact) mass is 787 g/mol. The van der Waals surface area contributed by atoms with Gasteiger partial charge in [-0.15, -0.1) is 0 Å². The zero-order valence-electron chi connectivity index (χ0n) is 30.3. The van der Waals surface area contributed by atoms with Gasteiger partial charge in [-0.25, -0.2) is 9.88 Å². The number of nitriles is 1. The molecule has 56 heavy (non-hydrogen) atoms. The van der Waals surface area contributed by atoms with E-state index in [-0.39, 0.29) is 41.8 Å². The van der Waals surface area contributed by atoms with Crippen LogP contribution in [0, 0.1) is 11.3 Å². The van der Waals surface area contributed by atoms with Gasteiger partial charge in [0, 0.05) is 40.6 Å². The molecule has 8 rings (SSSR count). The van der Waals surface area contributed by atoms with Crippen LogP contribution in [-0.2, 0) is 27.1 Å². The van der Waals surface area contributed by atoms with Crippen molar-refractivity contribution < 1.29 is 19.2 Å². The van der Waals surface area contributed by atoms with Crippen LogP contribution in [0.3, 0.4) is 0 Å². The van der Waals surface area contributed by atoms with Gasteiger partial charge >= 0.3 is 0 Å². The molecule has 2 atom stereocenters. The molecule has 2 aliphatic carbocycles. The molecule has 2 aromatic carbocycles. The molecule has 2 saturated carbocycles. The average Bonchev–Trinajstić information content (AvgIpc) is 4.10. The molecule has 0 spiro atoms. The summed E-state index contributed by atoms with van der Waals surface area (Å²) >= 11 is 12.7. The molecule has 3 aromatic heterocycles. The standard InChI is InChI=1S/C41H35Cl2N9O4/c1-24(28-4-3-14-45-22-28)48-34(53)27-9-15-46-33(16-27)40(10-11-40)50-36(55)41(12-13-41)49-35(54)32-23-47-38-51(31-18-29(42)17-30(43)19-31)37(56)39(2,52(32)38)20-25-5-7-26(21-44)8-6-25/h3-9,14-19,22-24H,10-13,20H2,1-2H3,(H,48,53)(H,49,54)(H,50,55)/t24?,39-/m1/s1. The fourth-order valence-corrected chi connectivity index (χ4v) is 7.79. The van der Waals surface area contributed by atoms with Crippen molar-refractivity contribution in [2.75, 3.05) is 4.90 Å². The van der Waals surface area contributed by atoms with Crippen molar-refractivity contribution in [3.8, 4) is 6.07 Å². The van der Waals surface area contributed by atoms with Crippen molar-refractivity contribution in [3.63, 3.8) is 0 Å². The lowest BCUT2D eigenvalue weighted by molar-refractivity contribution is -0.125. The third kappa shape index (κ3) is 6.65. The maximum absolute atomic E-state index is 14.5. The van der Waals surface area contributed by atoms with Crippen LogP contribution in [0.4, 0.5) is 11.6 Å². The van der Waals surface area contributed by atoms with Crippen LogP contribution in [0.15, 0.2) is 91.5 Å². The predicted molar refractivity (Wildman–Crippen MR) is 207 cm³/mol. The summed E-state index contributed by atoms with van der Waals surface area (Å²) in [5.74, 6) is -1.41. The summed E-state index contributed by atoms with van der Waals surface area (Å²) in [4.78, 5) is 70.5. The lowest BCUT2D eigenvalue weighted by atomic mass is 9.91. The van der Waals surface area contributed by atoms with Gasteiger partial charge in [-0.05, 0) is 99.2 Å². The lowest BCUT2D eigenvalue weighted by Gasteiger charge is -2.27. The number of hydrogen-bond donors (Lipinski definition) is 3. The number of amides is 4. The van der Waals surface area contributed by atoms with Crippen molar-refractivity contribution in [1.82, 2.24) is 35.5 Å². The van der Waals surface area contributed by atoms with E-state index < -0.39 is 22.5 Å². The summed E-state index contributed by atoms with van der Waals surface area (Å²) in [5.41, 5.74) is 0.177. The highest BCUT2D eigenvalue weighted by Gasteiger charge is 2.57. The van der Waals surface area contributed by atoms with E-state index in [9.17, 15) is 24.4 Å². The van der Waals surface area contributed by atoms with Gasteiger partial charge in [0.15, 0.2) is 0 Å². The molecular formula is C41H35Cl2N9O4. The number of pyridine rings is 2. The van der Waals surface area contributed by atoms with Gasteiger partial charge in [0.1, 0.15) is 16.8 Å². The fourth-order valence-electron chi connectivity index (χ4n) is 7.28. The Bertz CT molecular complexity index is 2440. The Labute approximate surface area is 332 Å². The van der Waals surface area contributed by atoms with Crippen LogP contribution >= 0.6 is 23.2 Å². The molecule has 3 aliphatic rings. The normalized spacial score (nSPS) is 19.0. The predicted octanol–water partition coefficient (Wildman–Crippen LogP) is 6.05. The second kappa shape index (κ2) is 13.9. The Balaban J connectivity index is 1.03. The zero-order chi connectivity index (χ0) is 39.4. The molecule has 4 heterocycles. The highest BCUT2D eigenvalue weighted by atomic mass is 35.5. The number of nitrogens with one attached hydrogen (secondary N) is 3. The topological polar surface area (TPSA) is 175 Å². The number of aromatic nitrogens is 4. The summed E-state index contributed by atoms with van der Waals surface area (Å²) in [6.45, 7) is 3.60. The van der Waals surface area contributed by atoms with E-state index in [0.717, 1.165) is 11.1 Å². The third-order valence-corrected chi connectivity index (χ3v) is 11.2. The van der Waals surface area contributed by atoms with E-state index in [0.29, 0.717) is 58.2 Å². The summed E-state index contributed by atoms with van der Waals surface area (Å²) < 4.78 is 1.59. The van der Waals surface area contributed by atoms with Gasteiger partial charge in [-0.2, -0.15) is 5.26 Å². The van der Waals surface area contributed by atoms with Gasteiger partial charge < -0.3 is 16.0 Å². The maximum atomic E-state index is 14.5. The van der Waals surface area contributed by atoms with Crippen molar-refractivity contribution in [2.45, 2.75) is 68.6 Å². The lowest BCUT2D eigenvalue weighted by Crippen LogP contribution is -2.52. The van der Waals surface area contributed by atoms with Crippen molar-refractivity contribution in [2.24, 2.45) is 0 Å². The molecule has 1 aliphatic heterocycles. The van der Waals surface area contributed by atoms with E-state index in [1.54, 1.807) is 84.7 Å². The van der Waals surface area contributed by atoms with Crippen molar-refractivity contribution in [1.29, 1.82) is 5.26 Å². The number of rotatable bonds is 11. The number of fused-ring (bicyclic) bond motifs is 1. The van der Waals surface area contributed by atoms with Crippen molar-refractivity contribution in [3.05, 3.63) is 135 Å². The minimum Gasteiger partial charge on any atom is -0.345 e. The van der Waals surface area contributed by atoms with Gasteiger partial charge in [0.2, 0.25) is 11.9 Å². The number of nitrogens with zero attached hydrogens (tertiary/aromatic N) is 6. The van der Waals surface area contributed by atoms with E-state index in [1.807, 2.05) is 19.1 Å². The smallest absolute Gasteiger partial charge is 0.270 e. The first-order valence-electron chi connectivity index (χ1n) is 18.1. The van der Waals surface area contributed by atoms with E-state index in [4.69, 9.17) is 23.2 Å². The fraction of sp³-hybridized carbons (Fsp3) is 0.268.